The fourth-order valence-corrected chi connectivity index (χ4v) is 3.26. The minimum atomic E-state index is -4.62. The highest BCUT2D eigenvalue weighted by Crippen LogP contribution is 2.41. The van der Waals surface area contributed by atoms with Gasteiger partial charge < -0.3 is 26.0 Å². The van der Waals surface area contributed by atoms with Gasteiger partial charge in [-0.05, 0) is 24.1 Å². The third kappa shape index (κ3) is 6.27. The zero-order valence-corrected chi connectivity index (χ0v) is 18.0. The van der Waals surface area contributed by atoms with Gasteiger partial charge >= 0.3 is 12.1 Å². The van der Waals surface area contributed by atoms with Gasteiger partial charge in [-0.3, -0.25) is 4.79 Å². The molecule has 0 saturated carbocycles. The van der Waals surface area contributed by atoms with Crippen molar-refractivity contribution in [1.82, 2.24) is 9.97 Å². The number of anilines is 2. The molecule has 1 aromatic heterocycles. The highest BCUT2D eigenvalue weighted by Gasteiger charge is 2.35. The van der Waals surface area contributed by atoms with Crippen LogP contribution in [0, 0.1) is 0 Å². The Morgan fingerprint density at radius 1 is 0.971 bits per heavy atom. The highest BCUT2D eigenvalue weighted by atomic mass is 19.4. The Balaban J connectivity index is 1.70. The molecule has 0 amide bonds. The summed E-state index contributed by atoms with van der Waals surface area (Å²) in [5.41, 5.74) is 11.0. The quantitative estimate of drug-likeness (QED) is 0.371. The number of halogens is 3. The van der Waals surface area contributed by atoms with Crippen molar-refractivity contribution in [3.63, 3.8) is 0 Å². The van der Waals surface area contributed by atoms with Crippen LogP contribution in [0.25, 0.3) is 11.3 Å². The molecular formula is C23H23F3N4O4. The number of rotatable bonds is 10. The molecule has 0 bridgehead atoms. The van der Waals surface area contributed by atoms with Crippen LogP contribution in [-0.2, 0) is 17.4 Å². The van der Waals surface area contributed by atoms with E-state index in [1.807, 2.05) is 0 Å². The lowest BCUT2D eigenvalue weighted by Crippen LogP contribution is -2.12. The van der Waals surface area contributed by atoms with Crippen LogP contribution >= 0.6 is 0 Å². The number of aromatic nitrogens is 2. The molecule has 0 aliphatic heterocycles. The summed E-state index contributed by atoms with van der Waals surface area (Å²) in [5.74, 6) is -0.918. The Morgan fingerprint density at radius 2 is 1.65 bits per heavy atom. The normalized spacial score (nSPS) is 11.3. The van der Waals surface area contributed by atoms with Crippen molar-refractivity contribution in [2.24, 2.45) is 0 Å². The molecule has 0 fully saturated rings. The lowest BCUT2D eigenvalue weighted by Gasteiger charge is -2.17. The summed E-state index contributed by atoms with van der Waals surface area (Å²) >= 11 is 0. The molecule has 0 aliphatic rings. The van der Waals surface area contributed by atoms with Crippen molar-refractivity contribution in [2.45, 2.75) is 25.4 Å². The summed E-state index contributed by atoms with van der Waals surface area (Å²) in [7, 11) is 0. The van der Waals surface area contributed by atoms with E-state index in [0.29, 0.717) is 18.6 Å². The van der Waals surface area contributed by atoms with Crippen molar-refractivity contribution in [2.75, 3.05) is 24.7 Å². The van der Waals surface area contributed by atoms with E-state index in [1.54, 1.807) is 24.3 Å². The standard InChI is InChI=1S/C23H23F3N4O4/c24-23(25,26)16-8-3-2-7-15(16)19-20(21(27)30-22(28)29-19)34-13-5-12-33-17-9-4-1-6-14(17)10-11-18(31)32/h1-4,6-9H,5,10-13H2,(H,31,32)(H4,27,28,29,30). The van der Waals surface area contributed by atoms with Gasteiger partial charge in [-0.1, -0.05) is 36.4 Å². The number of aryl methyl sites for hydroxylation is 1. The molecule has 3 rings (SSSR count). The van der Waals surface area contributed by atoms with Gasteiger partial charge in [0.1, 0.15) is 11.4 Å². The lowest BCUT2D eigenvalue weighted by atomic mass is 10.0. The first kappa shape index (κ1) is 24.6. The maximum Gasteiger partial charge on any atom is 0.417 e. The summed E-state index contributed by atoms with van der Waals surface area (Å²) < 4.78 is 51.9. The first-order chi connectivity index (χ1) is 16.2. The van der Waals surface area contributed by atoms with Crippen molar-refractivity contribution in [3.8, 4) is 22.8 Å². The number of nitrogen functional groups attached to an aromatic ring is 2. The number of nitrogens with zero attached hydrogens (tertiary/aromatic N) is 2. The largest absolute Gasteiger partial charge is 0.493 e. The van der Waals surface area contributed by atoms with Gasteiger partial charge in [-0.25, -0.2) is 4.98 Å². The van der Waals surface area contributed by atoms with Crippen molar-refractivity contribution in [1.29, 1.82) is 0 Å². The molecule has 34 heavy (non-hydrogen) atoms. The minimum Gasteiger partial charge on any atom is -0.493 e. The van der Waals surface area contributed by atoms with Gasteiger partial charge in [0, 0.05) is 18.4 Å². The van der Waals surface area contributed by atoms with Gasteiger partial charge in [-0.2, -0.15) is 18.2 Å². The lowest BCUT2D eigenvalue weighted by molar-refractivity contribution is -0.137. The zero-order chi connectivity index (χ0) is 24.7. The van der Waals surface area contributed by atoms with E-state index in [9.17, 15) is 18.0 Å². The summed E-state index contributed by atoms with van der Waals surface area (Å²) in [5, 5.41) is 8.88. The van der Waals surface area contributed by atoms with E-state index in [0.717, 1.165) is 11.6 Å². The fraction of sp³-hybridized carbons (Fsp3) is 0.261. The second-order valence-corrected chi connectivity index (χ2v) is 7.24. The van der Waals surface area contributed by atoms with Crippen molar-refractivity contribution >= 4 is 17.7 Å². The summed E-state index contributed by atoms with van der Waals surface area (Å²) in [6, 6.07) is 12.0. The molecule has 0 saturated heterocycles. The molecule has 180 valence electrons. The topological polar surface area (TPSA) is 134 Å². The first-order valence-corrected chi connectivity index (χ1v) is 10.3. The average molecular weight is 476 g/mol. The molecule has 3 aromatic rings. The van der Waals surface area contributed by atoms with Crippen LogP contribution in [-0.4, -0.2) is 34.3 Å². The predicted octanol–water partition coefficient (Wildman–Crippen LogP) is 4.19. The Kier molecular flexibility index (Phi) is 7.77. The maximum atomic E-state index is 13.5. The van der Waals surface area contributed by atoms with Gasteiger partial charge in [0.05, 0.1) is 18.8 Å². The van der Waals surface area contributed by atoms with Crippen molar-refractivity contribution < 1.29 is 32.5 Å². The Hall–Kier alpha value is -4.02. The van der Waals surface area contributed by atoms with Crippen LogP contribution in [0.3, 0.4) is 0 Å². The molecule has 0 atom stereocenters. The first-order valence-electron chi connectivity index (χ1n) is 10.3. The molecule has 11 heteroatoms. The van der Waals surface area contributed by atoms with Crippen LogP contribution in [0.2, 0.25) is 0 Å². The minimum absolute atomic E-state index is 0.0257. The molecule has 0 aliphatic carbocycles. The number of hydrogen-bond donors (Lipinski definition) is 3. The van der Waals surface area contributed by atoms with Gasteiger partial charge in [-0.15, -0.1) is 0 Å². The molecule has 0 unspecified atom stereocenters. The highest BCUT2D eigenvalue weighted by molar-refractivity contribution is 5.75. The fourth-order valence-electron chi connectivity index (χ4n) is 3.26. The number of carbonyl (C=O) groups is 1. The number of ether oxygens (including phenoxy) is 2. The Morgan fingerprint density at radius 3 is 2.38 bits per heavy atom. The van der Waals surface area contributed by atoms with E-state index in [1.165, 1.54) is 18.2 Å². The molecule has 2 aromatic carbocycles. The molecule has 5 N–H and O–H groups in total. The van der Waals surface area contributed by atoms with E-state index < -0.39 is 17.7 Å². The number of alkyl halides is 3. The SMILES string of the molecule is Nc1nc(N)c(OCCCOc2ccccc2CCC(=O)O)c(-c2ccccc2C(F)(F)F)n1. The predicted molar refractivity (Wildman–Crippen MR) is 119 cm³/mol. The smallest absolute Gasteiger partial charge is 0.417 e. The molecule has 8 nitrogen and oxygen atoms in total. The number of benzene rings is 2. The maximum absolute atomic E-state index is 13.5. The number of carboxylic acid groups (broad SMARTS) is 1. The van der Waals surface area contributed by atoms with Crippen LogP contribution in [0.5, 0.6) is 11.5 Å². The monoisotopic (exact) mass is 476 g/mol. The van der Waals surface area contributed by atoms with Crippen LogP contribution < -0.4 is 20.9 Å². The van der Waals surface area contributed by atoms with Gasteiger partial charge in [0.25, 0.3) is 0 Å². The van der Waals surface area contributed by atoms with Gasteiger partial charge in [0.15, 0.2) is 11.6 Å². The molecular weight excluding hydrogens is 453 g/mol. The third-order valence-corrected chi connectivity index (χ3v) is 4.77. The zero-order valence-electron chi connectivity index (χ0n) is 18.0. The number of aliphatic carboxylic acids is 1. The van der Waals surface area contributed by atoms with Crippen LogP contribution in [0.15, 0.2) is 48.5 Å². The van der Waals surface area contributed by atoms with Gasteiger partial charge in [0.2, 0.25) is 5.95 Å². The van der Waals surface area contributed by atoms with E-state index in [2.05, 4.69) is 9.97 Å². The second-order valence-electron chi connectivity index (χ2n) is 7.24. The molecule has 0 radical (unpaired) electrons. The van der Waals surface area contributed by atoms with Crippen molar-refractivity contribution in [3.05, 3.63) is 59.7 Å². The average Bonchev–Trinajstić information content (AvgIpc) is 2.78. The number of para-hydroxylation sites is 1. The van der Waals surface area contributed by atoms with Crippen LogP contribution in [0.1, 0.15) is 24.0 Å². The summed E-state index contributed by atoms with van der Waals surface area (Å²) in [6.45, 7) is 0.268. The Bertz CT molecular complexity index is 1160. The van der Waals surface area contributed by atoms with E-state index in [-0.39, 0.29) is 48.4 Å². The summed E-state index contributed by atoms with van der Waals surface area (Å²) in [6.07, 6.45) is -3.97. The molecule has 0 spiro atoms. The Labute approximate surface area is 193 Å². The number of carboxylic acids is 1. The number of hydrogen-bond acceptors (Lipinski definition) is 7. The number of nitrogens with two attached hydrogens (primary N) is 2. The molecule has 1 heterocycles. The van der Waals surface area contributed by atoms with E-state index in [4.69, 9.17) is 26.0 Å². The van der Waals surface area contributed by atoms with E-state index >= 15 is 0 Å². The third-order valence-electron chi connectivity index (χ3n) is 4.77. The summed E-state index contributed by atoms with van der Waals surface area (Å²) in [4.78, 5) is 18.6. The second kappa shape index (κ2) is 10.7. The van der Waals surface area contributed by atoms with Crippen LogP contribution in [0.4, 0.5) is 24.9 Å².